The zero-order chi connectivity index (χ0) is 23.9. The Morgan fingerprint density at radius 1 is 1.00 bits per heavy atom. The Hall–Kier alpha value is -3.22. The summed E-state index contributed by atoms with van der Waals surface area (Å²) in [6.45, 7) is 3.39. The van der Waals surface area contributed by atoms with E-state index >= 15 is 0 Å². The molecular weight excluding hydrogens is 438 g/mol. The first kappa shape index (κ1) is 23.4. The first-order valence-corrected chi connectivity index (χ1v) is 9.37. The molecule has 1 fully saturated rings. The van der Waals surface area contributed by atoms with Crippen molar-refractivity contribution in [3.63, 3.8) is 0 Å². The average Bonchev–Trinajstić information content (AvgIpc) is 3.24. The molecule has 0 heterocycles. The predicted octanol–water partition coefficient (Wildman–Crippen LogP) is 6.22. The zero-order valence-corrected chi connectivity index (χ0v) is 17.0. The maximum Gasteiger partial charge on any atom is 0.417 e. The van der Waals surface area contributed by atoms with Crippen molar-refractivity contribution in [2.75, 3.05) is 6.61 Å². The molecule has 4 nitrogen and oxygen atoms in total. The highest BCUT2D eigenvalue weighted by Crippen LogP contribution is 2.58. The summed E-state index contributed by atoms with van der Waals surface area (Å²) in [6, 6.07) is 7.62. The van der Waals surface area contributed by atoms with Crippen molar-refractivity contribution in [1.29, 1.82) is 10.7 Å². The van der Waals surface area contributed by atoms with E-state index in [0.29, 0.717) is 12.6 Å². The number of nitrogens with one attached hydrogen (secondary N) is 1. The van der Waals surface area contributed by atoms with Crippen LogP contribution in [0.2, 0.25) is 0 Å². The first-order valence-electron chi connectivity index (χ1n) is 9.37. The van der Waals surface area contributed by atoms with Crippen LogP contribution in [0, 0.1) is 22.2 Å². The van der Waals surface area contributed by atoms with Crippen molar-refractivity contribution in [3.05, 3.63) is 58.7 Å². The lowest BCUT2D eigenvalue weighted by atomic mass is 10.1. The summed E-state index contributed by atoms with van der Waals surface area (Å²) in [5, 5.41) is 16.1. The molecule has 170 valence electrons. The van der Waals surface area contributed by atoms with E-state index in [1.807, 2.05) is 0 Å². The second-order valence-corrected chi connectivity index (χ2v) is 8.15. The molecule has 0 aliphatic heterocycles. The molecule has 1 saturated carbocycles. The van der Waals surface area contributed by atoms with Crippen molar-refractivity contribution in [2.24, 2.45) is 5.41 Å². The zero-order valence-electron chi connectivity index (χ0n) is 17.0. The van der Waals surface area contributed by atoms with E-state index in [0.717, 1.165) is 24.3 Å². The molecule has 10 heteroatoms. The molecule has 3 rings (SSSR count). The number of hydrogen-bond acceptors (Lipinski definition) is 4. The lowest BCUT2D eigenvalue weighted by Crippen LogP contribution is -2.32. The molecule has 2 aromatic rings. The smallest absolute Gasteiger partial charge is 0.417 e. The molecular formula is C22H18F6N2O2. The van der Waals surface area contributed by atoms with E-state index in [1.54, 1.807) is 13.8 Å². The van der Waals surface area contributed by atoms with Crippen LogP contribution in [0.1, 0.15) is 42.5 Å². The molecule has 0 aromatic heterocycles. The Bertz CT molecular complexity index is 1090. The van der Waals surface area contributed by atoms with Crippen LogP contribution in [-0.4, -0.2) is 18.4 Å². The minimum atomic E-state index is -4.75. The number of hydrogen-bond donors (Lipinski definition) is 1. The molecule has 0 bridgehead atoms. The van der Waals surface area contributed by atoms with Gasteiger partial charge in [0.2, 0.25) is 0 Å². The minimum Gasteiger partial charge on any atom is -0.489 e. The number of rotatable bonds is 6. The molecule has 32 heavy (non-hydrogen) atoms. The first-order chi connectivity index (χ1) is 14.7. The second kappa shape index (κ2) is 7.73. The summed E-state index contributed by atoms with van der Waals surface area (Å²) >= 11 is 0. The third-order valence-electron chi connectivity index (χ3n) is 5.52. The lowest BCUT2D eigenvalue weighted by Gasteiger charge is -2.24. The lowest BCUT2D eigenvalue weighted by molar-refractivity contribution is -0.138. The molecule has 0 spiro atoms. The van der Waals surface area contributed by atoms with Gasteiger partial charge < -0.3 is 14.9 Å². The molecule has 0 radical (unpaired) electrons. The van der Waals surface area contributed by atoms with Crippen LogP contribution in [0.3, 0.4) is 0 Å². The third kappa shape index (κ3) is 4.52. The van der Waals surface area contributed by atoms with Gasteiger partial charge in [0, 0.05) is 23.6 Å². The summed E-state index contributed by atoms with van der Waals surface area (Å²) in [5.74, 6) is -0.231. The van der Waals surface area contributed by atoms with Crippen LogP contribution >= 0.6 is 0 Å². The minimum absolute atomic E-state index is 0.107. The SMILES string of the molecule is CC1(C)CC1(COc1ccc(C=N)c(C(F)(F)F)c1)Oc1ccc(C#N)c(C(F)(F)F)c1. The van der Waals surface area contributed by atoms with Gasteiger partial charge in [0.1, 0.15) is 23.7 Å². The average molecular weight is 456 g/mol. The van der Waals surface area contributed by atoms with E-state index in [9.17, 15) is 26.3 Å². The highest BCUT2D eigenvalue weighted by molar-refractivity contribution is 5.80. The summed E-state index contributed by atoms with van der Waals surface area (Å²) < 4.78 is 90.7. The number of halogens is 6. The Balaban J connectivity index is 1.85. The van der Waals surface area contributed by atoms with Crippen LogP contribution in [-0.2, 0) is 12.4 Å². The fraction of sp³-hybridized carbons (Fsp3) is 0.364. The van der Waals surface area contributed by atoms with Crippen LogP contribution in [0.15, 0.2) is 36.4 Å². The Labute approximate surface area is 179 Å². The van der Waals surface area contributed by atoms with Gasteiger partial charge in [0.25, 0.3) is 0 Å². The summed E-state index contributed by atoms with van der Waals surface area (Å²) in [6.07, 6.45) is -8.45. The van der Waals surface area contributed by atoms with Gasteiger partial charge in [0.15, 0.2) is 0 Å². The van der Waals surface area contributed by atoms with E-state index in [4.69, 9.17) is 20.1 Å². The highest BCUT2D eigenvalue weighted by Gasteiger charge is 2.65. The maximum absolute atomic E-state index is 13.2. The summed E-state index contributed by atoms with van der Waals surface area (Å²) in [7, 11) is 0. The monoisotopic (exact) mass is 456 g/mol. The number of alkyl halides is 6. The molecule has 1 N–H and O–H groups in total. The standard InChI is InChI=1S/C22H18F6N2O2/c1-19(2)11-20(19,32-16-6-4-14(10-30)18(8-16)22(26,27)28)12-31-15-5-3-13(9-29)17(7-15)21(23,24)25/h3-9,29H,11-12H2,1-2H3. The van der Waals surface area contributed by atoms with Crippen molar-refractivity contribution < 1.29 is 35.8 Å². The maximum atomic E-state index is 13.2. The number of nitriles is 1. The number of benzene rings is 2. The normalized spacial score (nSPS) is 19.7. The van der Waals surface area contributed by atoms with Crippen LogP contribution in [0.25, 0.3) is 0 Å². The van der Waals surface area contributed by atoms with Crippen LogP contribution < -0.4 is 9.47 Å². The van der Waals surface area contributed by atoms with E-state index in [-0.39, 0.29) is 23.7 Å². The summed E-state index contributed by atoms with van der Waals surface area (Å²) in [5.41, 5.74) is -4.61. The van der Waals surface area contributed by atoms with Gasteiger partial charge in [-0.2, -0.15) is 31.6 Å². The van der Waals surface area contributed by atoms with Gasteiger partial charge >= 0.3 is 12.4 Å². The van der Waals surface area contributed by atoms with Crippen LogP contribution in [0.4, 0.5) is 26.3 Å². The van der Waals surface area contributed by atoms with E-state index in [1.165, 1.54) is 18.2 Å². The van der Waals surface area contributed by atoms with Gasteiger partial charge in [0.05, 0.1) is 22.8 Å². The second-order valence-electron chi connectivity index (χ2n) is 8.15. The molecule has 1 unspecified atom stereocenters. The third-order valence-corrected chi connectivity index (χ3v) is 5.52. The molecule has 0 saturated heterocycles. The van der Waals surface area contributed by atoms with Gasteiger partial charge in [-0.3, -0.25) is 0 Å². The van der Waals surface area contributed by atoms with Crippen molar-refractivity contribution in [3.8, 4) is 17.6 Å². The number of ether oxygens (including phenoxy) is 2. The Morgan fingerprint density at radius 2 is 1.56 bits per heavy atom. The Kier molecular flexibility index (Phi) is 5.66. The molecule has 1 aliphatic rings. The Morgan fingerprint density at radius 3 is 2.06 bits per heavy atom. The van der Waals surface area contributed by atoms with Gasteiger partial charge in [-0.05, 0) is 36.4 Å². The molecule has 0 amide bonds. The van der Waals surface area contributed by atoms with Crippen LogP contribution in [0.5, 0.6) is 11.5 Å². The van der Waals surface area contributed by atoms with Crippen molar-refractivity contribution >= 4 is 6.21 Å². The summed E-state index contributed by atoms with van der Waals surface area (Å²) in [4.78, 5) is 0. The fourth-order valence-electron chi connectivity index (χ4n) is 3.46. The number of nitrogens with zero attached hydrogens (tertiary/aromatic N) is 1. The predicted molar refractivity (Wildman–Crippen MR) is 103 cm³/mol. The highest BCUT2D eigenvalue weighted by atomic mass is 19.4. The molecule has 1 atom stereocenters. The van der Waals surface area contributed by atoms with E-state index in [2.05, 4.69) is 0 Å². The van der Waals surface area contributed by atoms with Gasteiger partial charge in [-0.15, -0.1) is 0 Å². The quantitative estimate of drug-likeness (QED) is 0.415. The van der Waals surface area contributed by atoms with Gasteiger partial charge in [-0.1, -0.05) is 13.8 Å². The van der Waals surface area contributed by atoms with Crippen molar-refractivity contribution in [2.45, 2.75) is 38.2 Å². The molecule has 1 aliphatic carbocycles. The largest absolute Gasteiger partial charge is 0.489 e. The van der Waals surface area contributed by atoms with Crippen molar-refractivity contribution in [1.82, 2.24) is 0 Å². The molecule has 2 aromatic carbocycles. The van der Waals surface area contributed by atoms with E-state index < -0.39 is 40.1 Å². The van der Waals surface area contributed by atoms with Gasteiger partial charge in [-0.25, -0.2) is 0 Å². The fourth-order valence-corrected chi connectivity index (χ4v) is 3.46. The topological polar surface area (TPSA) is 66.1 Å².